The number of hydrogen-bond donors (Lipinski definition) is 4. The molecular formula is C45H46N6O8. The van der Waals surface area contributed by atoms with Crippen molar-refractivity contribution in [2.75, 3.05) is 4.90 Å². The largest absolute Gasteiger partial charge is 0.508 e. The Kier molecular flexibility index (Phi) is 9.78. The molecular weight excluding hydrogens is 753 g/mol. The van der Waals surface area contributed by atoms with Gasteiger partial charge in [-0.1, -0.05) is 68.4 Å². The zero-order valence-corrected chi connectivity index (χ0v) is 33.4. The first kappa shape index (κ1) is 39.3. The molecule has 5 atom stereocenters. The number of ether oxygens (including phenoxy) is 1. The molecule has 1 saturated heterocycles. The number of aromatic nitrogens is 2. The number of aliphatic hydroxyl groups is 1. The normalized spacial score (nSPS) is 21.3. The van der Waals surface area contributed by atoms with Gasteiger partial charge < -0.3 is 30.5 Å². The Bertz CT molecular complexity index is 2560. The molecule has 4 N–H and O–H groups in total. The number of anilines is 1. The lowest BCUT2D eigenvalue weighted by atomic mass is 9.85. The summed E-state index contributed by atoms with van der Waals surface area (Å²) in [6, 6.07) is 23.1. The molecule has 0 bridgehead atoms. The molecule has 59 heavy (non-hydrogen) atoms. The van der Waals surface area contributed by atoms with Gasteiger partial charge in [-0.2, -0.15) is 0 Å². The lowest BCUT2D eigenvalue weighted by Crippen LogP contribution is -2.60. The summed E-state index contributed by atoms with van der Waals surface area (Å²) in [5.41, 5.74) is -1.11. The van der Waals surface area contributed by atoms with E-state index in [-0.39, 0.29) is 42.3 Å². The number of nitrogens with zero attached hydrogens (tertiary/aromatic N) is 4. The number of para-hydroxylation sites is 3. The topological polar surface area (TPSA) is 183 Å². The van der Waals surface area contributed by atoms with Crippen LogP contribution in [0.1, 0.15) is 80.8 Å². The van der Waals surface area contributed by atoms with Gasteiger partial charge in [0.2, 0.25) is 5.91 Å². The summed E-state index contributed by atoms with van der Waals surface area (Å²) in [7, 11) is 0. The maximum absolute atomic E-state index is 15.4. The first-order valence-corrected chi connectivity index (χ1v) is 19.7. The molecule has 4 amide bonds. The average molecular weight is 799 g/mol. The van der Waals surface area contributed by atoms with Gasteiger partial charge in [-0.05, 0) is 81.1 Å². The van der Waals surface area contributed by atoms with Gasteiger partial charge in [-0.3, -0.25) is 28.6 Å². The van der Waals surface area contributed by atoms with Gasteiger partial charge in [0.15, 0.2) is 0 Å². The van der Waals surface area contributed by atoms with E-state index in [1.54, 1.807) is 106 Å². The number of carbonyl (C=O) groups excluding carboxylic acids is 4. The van der Waals surface area contributed by atoms with Crippen molar-refractivity contribution in [1.29, 1.82) is 0 Å². The fraction of sp³-hybridized carbons (Fsp3) is 0.333. The first-order valence-electron chi connectivity index (χ1n) is 19.7. The molecule has 1 fully saturated rings. The van der Waals surface area contributed by atoms with Crippen LogP contribution in [0.4, 0.5) is 10.5 Å². The number of hydrogen-bond acceptors (Lipinski definition) is 9. The van der Waals surface area contributed by atoms with Crippen LogP contribution in [-0.2, 0) is 26.3 Å². The molecule has 0 radical (unpaired) electrons. The van der Waals surface area contributed by atoms with Crippen LogP contribution in [0.25, 0.3) is 16.6 Å². The number of alkyl carbamates (subject to hydrolysis) is 1. The number of aromatic hydroxyl groups is 1. The third-order valence-corrected chi connectivity index (χ3v) is 11.1. The highest BCUT2D eigenvalue weighted by Crippen LogP contribution is 2.53. The van der Waals surface area contributed by atoms with Gasteiger partial charge >= 0.3 is 6.09 Å². The second-order valence-electron chi connectivity index (χ2n) is 16.9. The van der Waals surface area contributed by atoms with Crippen molar-refractivity contribution >= 4 is 40.4 Å². The van der Waals surface area contributed by atoms with Gasteiger partial charge in [0.1, 0.15) is 41.0 Å². The Morgan fingerprint density at radius 3 is 2.29 bits per heavy atom. The maximum Gasteiger partial charge on any atom is 0.408 e. The standard InChI is InChI=1S/C45H46N6O8/c1-25(2)22-36-41(56)50-35-17-11-8-14-30(35)45(58,42(50)51(36)40(55)32(48-43(57)59-44(3,4)5)23-26-18-20-27(52)21-19-26)24-33-37-46-31-15-9-6-12-28(31)39(54)49(37)34-16-10-7-13-29(34)38(53)47-33/h6-21,25,32-33,36,42,52,58H,22-24H2,1-5H3,(H,47,53)(H,48,57)/t32?,33-,36-,42+,45-/m0/s1. The number of phenols is 1. The summed E-state index contributed by atoms with van der Waals surface area (Å²) in [4.78, 5) is 79.8. The van der Waals surface area contributed by atoms with Crippen molar-refractivity contribution in [1.82, 2.24) is 25.1 Å². The van der Waals surface area contributed by atoms with E-state index in [9.17, 15) is 29.4 Å². The fourth-order valence-corrected chi connectivity index (χ4v) is 8.66. The summed E-state index contributed by atoms with van der Waals surface area (Å²) < 4.78 is 6.98. The summed E-state index contributed by atoms with van der Waals surface area (Å²) >= 11 is 0. The van der Waals surface area contributed by atoms with E-state index in [0.717, 1.165) is 0 Å². The molecule has 5 aromatic rings. The zero-order chi connectivity index (χ0) is 42.0. The van der Waals surface area contributed by atoms with E-state index in [2.05, 4.69) is 10.6 Å². The number of nitrogens with one attached hydrogen (secondary N) is 2. The minimum absolute atomic E-state index is 0.0170. The van der Waals surface area contributed by atoms with Crippen LogP contribution >= 0.6 is 0 Å². The average Bonchev–Trinajstić information content (AvgIpc) is 3.57. The Morgan fingerprint density at radius 1 is 0.915 bits per heavy atom. The van der Waals surface area contributed by atoms with Crippen molar-refractivity contribution in [3.8, 4) is 11.4 Å². The van der Waals surface area contributed by atoms with Gasteiger partial charge in [0.05, 0.1) is 33.9 Å². The third kappa shape index (κ3) is 6.96. The Morgan fingerprint density at radius 2 is 1.58 bits per heavy atom. The van der Waals surface area contributed by atoms with Crippen LogP contribution in [0.15, 0.2) is 102 Å². The van der Waals surface area contributed by atoms with Gasteiger partial charge in [-0.15, -0.1) is 0 Å². The number of rotatable bonds is 8. The van der Waals surface area contributed by atoms with Crippen LogP contribution < -0.4 is 21.1 Å². The second kappa shape index (κ2) is 14.7. The summed E-state index contributed by atoms with van der Waals surface area (Å²) in [5.74, 6) is -1.47. The molecule has 8 rings (SSSR count). The maximum atomic E-state index is 15.4. The molecule has 1 aromatic heterocycles. The molecule has 4 aromatic carbocycles. The van der Waals surface area contributed by atoms with Crippen molar-refractivity contribution < 1.29 is 34.1 Å². The summed E-state index contributed by atoms with van der Waals surface area (Å²) in [6.07, 6.45) is -2.34. The monoisotopic (exact) mass is 798 g/mol. The predicted octanol–water partition coefficient (Wildman–Crippen LogP) is 5.22. The minimum Gasteiger partial charge on any atom is -0.508 e. The predicted molar refractivity (Wildman–Crippen MR) is 219 cm³/mol. The van der Waals surface area contributed by atoms with E-state index in [1.165, 1.54) is 26.5 Å². The van der Waals surface area contributed by atoms with Crippen LogP contribution in [0, 0.1) is 5.92 Å². The number of amides is 4. The molecule has 4 heterocycles. The lowest BCUT2D eigenvalue weighted by molar-refractivity contribution is -0.145. The van der Waals surface area contributed by atoms with Crippen molar-refractivity contribution in [2.45, 2.75) is 89.4 Å². The highest BCUT2D eigenvalue weighted by Gasteiger charge is 2.64. The second-order valence-corrected chi connectivity index (χ2v) is 16.9. The van der Waals surface area contributed by atoms with Crippen LogP contribution in [0.2, 0.25) is 0 Å². The molecule has 0 aliphatic carbocycles. The van der Waals surface area contributed by atoms with E-state index in [4.69, 9.17) is 9.72 Å². The molecule has 0 spiro atoms. The van der Waals surface area contributed by atoms with Crippen molar-refractivity contribution in [3.05, 3.63) is 130 Å². The van der Waals surface area contributed by atoms with Gasteiger partial charge in [0, 0.05) is 18.4 Å². The first-order chi connectivity index (χ1) is 28.1. The molecule has 1 unspecified atom stereocenters. The number of fused-ring (bicyclic) bond motifs is 7. The molecule has 304 valence electrons. The van der Waals surface area contributed by atoms with Gasteiger partial charge in [-0.25, -0.2) is 9.78 Å². The molecule has 3 aliphatic rings. The lowest BCUT2D eigenvalue weighted by Gasteiger charge is -2.40. The summed E-state index contributed by atoms with van der Waals surface area (Å²) in [5, 5.41) is 29.6. The van der Waals surface area contributed by atoms with Crippen molar-refractivity contribution in [2.24, 2.45) is 5.92 Å². The molecule has 14 heteroatoms. The van der Waals surface area contributed by atoms with E-state index in [0.29, 0.717) is 33.4 Å². The highest BCUT2D eigenvalue weighted by molar-refractivity contribution is 6.07. The smallest absolute Gasteiger partial charge is 0.408 e. The van der Waals surface area contributed by atoms with Gasteiger partial charge in [0.25, 0.3) is 17.4 Å². The quantitative estimate of drug-likeness (QED) is 0.164. The Labute approximate surface area is 340 Å². The number of carbonyl (C=O) groups is 4. The molecule has 3 aliphatic heterocycles. The minimum atomic E-state index is -2.06. The van der Waals surface area contributed by atoms with Crippen LogP contribution in [0.5, 0.6) is 5.75 Å². The Balaban J connectivity index is 1.28. The van der Waals surface area contributed by atoms with E-state index in [1.807, 2.05) is 13.8 Å². The SMILES string of the molecule is CC(C)C[C@H]1C(=O)N2c3ccccc3[C@@](O)(C[C@@H]3NC(=O)c4ccccc4-n4c3nc3ccccc3c4=O)[C@H]2N1C(=O)C(Cc1ccc(O)cc1)NC(=O)OC(C)(C)C. The number of phenolic OH excluding ortho intramolecular Hbond substituents is 1. The molecule has 14 nitrogen and oxygen atoms in total. The van der Waals surface area contributed by atoms with Crippen LogP contribution in [-0.4, -0.2) is 72.3 Å². The fourth-order valence-electron chi connectivity index (χ4n) is 8.66. The Hall–Kier alpha value is -6.54. The summed E-state index contributed by atoms with van der Waals surface area (Å²) in [6.45, 7) is 8.95. The molecule has 0 saturated carbocycles. The van der Waals surface area contributed by atoms with E-state index >= 15 is 4.79 Å². The number of benzene rings is 4. The highest BCUT2D eigenvalue weighted by atomic mass is 16.6. The third-order valence-electron chi connectivity index (χ3n) is 11.1. The zero-order valence-electron chi connectivity index (χ0n) is 33.4. The van der Waals surface area contributed by atoms with Crippen LogP contribution in [0.3, 0.4) is 0 Å². The van der Waals surface area contributed by atoms with Crippen molar-refractivity contribution in [3.63, 3.8) is 0 Å². The van der Waals surface area contributed by atoms with E-state index < -0.39 is 64.9 Å².